The summed E-state index contributed by atoms with van der Waals surface area (Å²) in [7, 11) is -5.45. The molecule has 8 N–H and O–H groups in total. The number of carbonyl (C=O) groups is 2. The van der Waals surface area contributed by atoms with Gasteiger partial charge >= 0.3 is 41.5 Å². The molecule has 2 fully saturated rings. The SMILES string of the molecule is CCCCCCCCCCCCCCCCCC(=O)OC[C@H](COP(=O)([O-])OC(CO[C@H]1O[C@H](CO)[C@@H](O)[C@H](O)[C@@H]1O)CO[C@H]1O[C@H](CO)[C@H](O)[C@H](O)[C@H]1O)OC(=O)CCCCCCCCCCCCCCCCC.[Na+]. The second kappa shape index (κ2) is 46.1. The first-order valence-corrected chi connectivity index (χ1v) is 30.5. The Bertz CT molecular complexity index is 1410. The first-order valence-electron chi connectivity index (χ1n) is 29.0. The minimum absolute atomic E-state index is 0. The van der Waals surface area contributed by atoms with Gasteiger partial charge in [0.05, 0.1) is 33.0 Å². The van der Waals surface area contributed by atoms with Gasteiger partial charge in [-0.3, -0.25) is 14.2 Å². The van der Waals surface area contributed by atoms with Gasteiger partial charge in [-0.2, -0.15) is 0 Å². The number of hydrogen-bond acceptors (Lipinski definition) is 20. The Kier molecular flexibility index (Phi) is 44.6. The number of carbonyl (C=O) groups excluding carboxylic acids is 2. The standard InChI is InChI=1S/C54H103O20P.Na/c1-3-5-7-9-11-13-15-17-19-21-23-25-27-29-31-33-45(57)67-37-41(71-46(58)34-32-30-28-26-24-22-20-18-16-14-12-10-8-6-4-2)40-70-75(65,66)74-42(38-68-53-51(63)49(61)47(59)43(35-55)72-53)39-69-54-52(64)50(62)48(60)44(36-56)73-54;/h41-44,47-56,59-64H,3-40H2,1-2H3,(H,65,66);/q;+1/p-1/t41-,42?,43-,44-,47-,48+,49+,50+,51+,52-,53+,54+;/m1./s1. The fourth-order valence-electron chi connectivity index (χ4n) is 9.21. The Morgan fingerprint density at radius 1 is 0.461 bits per heavy atom. The van der Waals surface area contributed by atoms with Crippen molar-refractivity contribution >= 4 is 19.8 Å². The predicted molar refractivity (Wildman–Crippen MR) is 278 cm³/mol. The molecule has 0 amide bonds. The smallest absolute Gasteiger partial charge is 0.756 e. The molecule has 20 nitrogen and oxygen atoms in total. The molecule has 2 rings (SSSR count). The summed E-state index contributed by atoms with van der Waals surface area (Å²) < 4.78 is 56.6. The van der Waals surface area contributed by atoms with Crippen LogP contribution in [0.15, 0.2) is 0 Å². The van der Waals surface area contributed by atoms with E-state index in [1.807, 2.05) is 0 Å². The van der Waals surface area contributed by atoms with Crippen LogP contribution in [0.25, 0.3) is 0 Å². The van der Waals surface area contributed by atoms with Gasteiger partial charge in [-0.15, -0.1) is 0 Å². The molecule has 0 aromatic rings. The van der Waals surface area contributed by atoms with Crippen molar-refractivity contribution in [3.8, 4) is 0 Å². The zero-order valence-corrected chi connectivity index (χ0v) is 49.6. The van der Waals surface area contributed by atoms with E-state index >= 15 is 0 Å². The number of hydrogen-bond donors (Lipinski definition) is 8. The van der Waals surface area contributed by atoms with E-state index < -0.39 is 133 Å². The van der Waals surface area contributed by atoms with Crippen LogP contribution in [0.5, 0.6) is 0 Å². The van der Waals surface area contributed by atoms with Crippen LogP contribution in [0.2, 0.25) is 0 Å². The molecule has 2 heterocycles. The number of esters is 2. The molecule has 0 aliphatic carbocycles. The van der Waals surface area contributed by atoms with Crippen LogP contribution in [0, 0.1) is 0 Å². The van der Waals surface area contributed by atoms with Crippen molar-refractivity contribution < 1.29 is 127 Å². The summed E-state index contributed by atoms with van der Waals surface area (Å²) in [5, 5.41) is 81.1. The van der Waals surface area contributed by atoms with Crippen LogP contribution in [-0.2, 0) is 51.6 Å². The molecule has 76 heavy (non-hydrogen) atoms. The van der Waals surface area contributed by atoms with E-state index in [2.05, 4.69) is 13.8 Å². The van der Waals surface area contributed by atoms with Gasteiger partial charge < -0.3 is 83.2 Å². The van der Waals surface area contributed by atoms with Gasteiger partial charge in [0.15, 0.2) is 18.7 Å². The molecule has 0 saturated carbocycles. The van der Waals surface area contributed by atoms with Crippen molar-refractivity contribution in [3.05, 3.63) is 0 Å². The second-order valence-corrected chi connectivity index (χ2v) is 22.1. The number of unbranched alkanes of at least 4 members (excludes halogenated alkanes) is 28. The summed E-state index contributed by atoms with van der Waals surface area (Å²) in [6.07, 6.45) is 14.8. The maximum Gasteiger partial charge on any atom is 1.00 e. The molecule has 22 heteroatoms. The van der Waals surface area contributed by atoms with Gasteiger partial charge in [-0.25, -0.2) is 0 Å². The fraction of sp³-hybridized carbons (Fsp3) is 0.963. The van der Waals surface area contributed by atoms with Crippen molar-refractivity contribution in [2.75, 3.05) is 39.6 Å². The minimum Gasteiger partial charge on any atom is -0.756 e. The van der Waals surface area contributed by atoms with E-state index in [9.17, 15) is 59.9 Å². The van der Waals surface area contributed by atoms with Crippen LogP contribution in [-0.4, -0.2) is 166 Å². The number of rotatable bonds is 48. The molecule has 0 radical (unpaired) electrons. The number of ether oxygens (including phenoxy) is 6. The average Bonchev–Trinajstić information content (AvgIpc) is 3.39. The summed E-state index contributed by atoms with van der Waals surface area (Å²) in [6.45, 7) is -0.0727. The van der Waals surface area contributed by atoms with Crippen molar-refractivity contribution in [1.29, 1.82) is 0 Å². The summed E-state index contributed by atoms with van der Waals surface area (Å²) >= 11 is 0. The summed E-state index contributed by atoms with van der Waals surface area (Å²) in [5.74, 6) is -1.19. The average molecular weight is 1130 g/mol. The van der Waals surface area contributed by atoms with Gasteiger partial charge in [-0.05, 0) is 12.8 Å². The molecule has 0 spiro atoms. The third kappa shape index (κ3) is 33.5. The molecule has 2 saturated heterocycles. The number of phosphoric ester groups is 1. The topological polar surface area (TPSA) is 310 Å². The molecular formula is C54H102NaO20P. The molecule has 2 aliphatic rings. The van der Waals surface area contributed by atoms with E-state index in [0.717, 1.165) is 51.4 Å². The maximum atomic E-state index is 13.4. The Morgan fingerprint density at radius 2 is 0.789 bits per heavy atom. The zero-order chi connectivity index (χ0) is 55.1. The molecule has 444 valence electrons. The van der Waals surface area contributed by atoms with Crippen LogP contribution >= 0.6 is 7.82 Å². The van der Waals surface area contributed by atoms with Crippen LogP contribution < -0.4 is 34.5 Å². The Labute approximate surface area is 476 Å². The Balaban J connectivity index is 0.0000289. The molecular weight excluding hydrogens is 1020 g/mol. The third-order valence-electron chi connectivity index (χ3n) is 14.0. The molecule has 2 aliphatic heterocycles. The van der Waals surface area contributed by atoms with E-state index in [-0.39, 0.29) is 42.4 Å². The number of aliphatic hydroxyl groups is 8. The van der Waals surface area contributed by atoms with E-state index in [1.54, 1.807) is 0 Å². The number of aliphatic hydroxyl groups excluding tert-OH is 8. The van der Waals surface area contributed by atoms with Gasteiger partial charge in [-0.1, -0.05) is 194 Å². The van der Waals surface area contributed by atoms with Crippen molar-refractivity contribution in [2.45, 2.75) is 293 Å². The minimum atomic E-state index is -5.45. The molecule has 2 unspecified atom stereocenters. The van der Waals surface area contributed by atoms with Gasteiger partial charge in [0.1, 0.15) is 61.5 Å². The quantitative estimate of drug-likeness (QED) is 0.0187. The Hall–Kier alpha value is -0.430. The van der Waals surface area contributed by atoms with Gasteiger partial charge in [0.25, 0.3) is 7.82 Å². The Morgan fingerprint density at radius 3 is 1.13 bits per heavy atom. The van der Waals surface area contributed by atoms with E-state index in [0.29, 0.717) is 12.8 Å². The maximum absolute atomic E-state index is 13.4. The van der Waals surface area contributed by atoms with Crippen LogP contribution in [0.4, 0.5) is 0 Å². The van der Waals surface area contributed by atoms with E-state index in [4.69, 9.17) is 37.5 Å². The third-order valence-corrected chi connectivity index (χ3v) is 15.0. The van der Waals surface area contributed by atoms with Gasteiger partial charge in [0, 0.05) is 12.8 Å². The first kappa shape index (κ1) is 73.6. The van der Waals surface area contributed by atoms with Gasteiger partial charge in [0.2, 0.25) is 0 Å². The van der Waals surface area contributed by atoms with Crippen molar-refractivity contribution in [1.82, 2.24) is 0 Å². The second-order valence-electron chi connectivity index (χ2n) is 20.7. The monoisotopic (exact) mass is 1120 g/mol. The molecule has 0 bridgehead atoms. The first-order chi connectivity index (χ1) is 36.2. The molecule has 0 aromatic carbocycles. The largest absolute Gasteiger partial charge is 1.00 e. The summed E-state index contributed by atoms with van der Waals surface area (Å²) in [4.78, 5) is 39.3. The predicted octanol–water partition coefficient (Wildman–Crippen LogP) is 3.47. The van der Waals surface area contributed by atoms with Crippen molar-refractivity contribution in [2.24, 2.45) is 0 Å². The van der Waals surface area contributed by atoms with E-state index in [1.165, 1.54) is 128 Å². The zero-order valence-electron chi connectivity index (χ0n) is 46.7. The normalized spacial score (nSPS) is 25.4. The summed E-state index contributed by atoms with van der Waals surface area (Å²) in [5.41, 5.74) is 0. The van der Waals surface area contributed by atoms with Crippen LogP contribution in [0.1, 0.15) is 219 Å². The molecule has 0 aromatic heterocycles. The fourth-order valence-corrected chi connectivity index (χ4v) is 10.1. The number of phosphoric acid groups is 1. The van der Waals surface area contributed by atoms with Crippen LogP contribution in [0.3, 0.4) is 0 Å². The molecule has 13 atom stereocenters. The summed E-state index contributed by atoms with van der Waals surface area (Å²) in [6, 6.07) is 0. The van der Waals surface area contributed by atoms with Crippen molar-refractivity contribution in [3.63, 3.8) is 0 Å².